The largest absolute Gasteiger partial charge is 0.321 e. The highest BCUT2D eigenvalue weighted by Crippen LogP contribution is 2.21. The summed E-state index contributed by atoms with van der Waals surface area (Å²) in [5.74, 6) is -0.348. The van der Waals surface area contributed by atoms with Crippen molar-refractivity contribution in [3.05, 3.63) is 64.8 Å². The molecule has 0 aliphatic rings. The Kier molecular flexibility index (Phi) is 5.62. The molecule has 0 unspecified atom stereocenters. The maximum absolute atomic E-state index is 12.4. The zero-order valence-electron chi connectivity index (χ0n) is 14.4. The number of rotatable bonds is 6. The first-order valence-corrected chi connectivity index (χ1v) is 10.5. The molecule has 7 nitrogen and oxygen atoms in total. The van der Waals surface area contributed by atoms with E-state index in [1.807, 2.05) is 24.3 Å². The summed E-state index contributed by atoms with van der Waals surface area (Å²) in [6.07, 6.45) is 0. The topological polar surface area (TPSA) is 104 Å². The van der Waals surface area contributed by atoms with Gasteiger partial charge in [0.1, 0.15) is 5.69 Å². The molecule has 0 radical (unpaired) electrons. The molecule has 9 heteroatoms. The average molecular weight is 449 g/mol. The molecule has 3 N–H and O–H groups in total. The Morgan fingerprint density at radius 3 is 2.33 bits per heavy atom. The molecular formula is C18H17BrN4O3S. The van der Waals surface area contributed by atoms with Crippen LogP contribution in [0, 0.1) is 0 Å². The minimum absolute atomic E-state index is 0.00792. The summed E-state index contributed by atoms with van der Waals surface area (Å²) in [4.78, 5) is 12.4. The molecule has 0 spiro atoms. The lowest BCUT2D eigenvalue weighted by molar-refractivity contribution is 0.102. The standard InChI is InChI=1S/C18H17BrN4O3S/c1-2-27(25,26)23-15-9-7-14(8-10-15)20-18(24)17-11-16(21-22-17)12-3-5-13(19)6-4-12/h3-11,23H,2H2,1H3,(H,20,24)(H,21,22). The Hall–Kier alpha value is -2.65. The number of hydrogen-bond acceptors (Lipinski definition) is 4. The number of nitrogens with one attached hydrogen (secondary N) is 3. The second-order valence-corrected chi connectivity index (χ2v) is 8.64. The van der Waals surface area contributed by atoms with E-state index in [-0.39, 0.29) is 11.7 Å². The molecule has 0 aliphatic heterocycles. The van der Waals surface area contributed by atoms with Gasteiger partial charge in [-0.25, -0.2) is 8.42 Å². The third-order valence-corrected chi connectivity index (χ3v) is 5.59. The van der Waals surface area contributed by atoms with Gasteiger partial charge >= 0.3 is 0 Å². The normalized spacial score (nSPS) is 11.2. The van der Waals surface area contributed by atoms with Crippen molar-refractivity contribution in [1.29, 1.82) is 0 Å². The highest BCUT2D eigenvalue weighted by molar-refractivity contribution is 9.10. The van der Waals surface area contributed by atoms with Crippen LogP contribution in [0.2, 0.25) is 0 Å². The van der Waals surface area contributed by atoms with Crippen LogP contribution in [-0.2, 0) is 10.0 Å². The van der Waals surface area contributed by atoms with E-state index in [9.17, 15) is 13.2 Å². The minimum atomic E-state index is -3.33. The van der Waals surface area contributed by atoms with Gasteiger partial charge in [0, 0.05) is 21.4 Å². The highest BCUT2D eigenvalue weighted by atomic mass is 79.9. The molecule has 3 aromatic rings. The Morgan fingerprint density at radius 1 is 1.07 bits per heavy atom. The first-order valence-electron chi connectivity index (χ1n) is 8.09. The van der Waals surface area contributed by atoms with Gasteiger partial charge < -0.3 is 5.32 Å². The van der Waals surface area contributed by atoms with Crippen molar-refractivity contribution in [3.8, 4) is 11.3 Å². The van der Waals surface area contributed by atoms with E-state index >= 15 is 0 Å². The SMILES string of the molecule is CCS(=O)(=O)Nc1ccc(NC(=O)c2cc(-c3ccc(Br)cc3)n[nH]2)cc1. The number of hydrogen-bond donors (Lipinski definition) is 3. The van der Waals surface area contributed by atoms with E-state index in [2.05, 4.69) is 36.2 Å². The summed E-state index contributed by atoms with van der Waals surface area (Å²) in [7, 11) is -3.33. The number of carbonyl (C=O) groups excluding carboxylic acids is 1. The first-order chi connectivity index (χ1) is 12.9. The molecule has 1 amide bonds. The minimum Gasteiger partial charge on any atom is -0.321 e. The van der Waals surface area contributed by atoms with E-state index in [4.69, 9.17) is 0 Å². The first kappa shape index (κ1) is 19.1. The Balaban J connectivity index is 1.68. The van der Waals surface area contributed by atoms with E-state index in [1.54, 1.807) is 37.3 Å². The van der Waals surface area contributed by atoms with Gasteiger partial charge in [-0.3, -0.25) is 14.6 Å². The molecule has 0 saturated carbocycles. The zero-order chi connectivity index (χ0) is 19.4. The molecule has 0 atom stereocenters. The summed E-state index contributed by atoms with van der Waals surface area (Å²) in [5, 5.41) is 9.63. The van der Waals surface area contributed by atoms with Crippen molar-refractivity contribution in [2.45, 2.75) is 6.92 Å². The fourth-order valence-electron chi connectivity index (χ4n) is 2.28. The van der Waals surface area contributed by atoms with Crippen LogP contribution in [0.5, 0.6) is 0 Å². The number of aromatic nitrogens is 2. The van der Waals surface area contributed by atoms with Crippen molar-refractivity contribution < 1.29 is 13.2 Å². The smallest absolute Gasteiger partial charge is 0.273 e. The van der Waals surface area contributed by atoms with Crippen molar-refractivity contribution in [2.75, 3.05) is 15.8 Å². The maximum atomic E-state index is 12.4. The van der Waals surface area contributed by atoms with Crippen molar-refractivity contribution in [3.63, 3.8) is 0 Å². The third-order valence-electron chi connectivity index (χ3n) is 3.76. The van der Waals surface area contributed by atoms with Gasteiger partial charge in [0.15, 0.2) is 0 Å². The second-order valence-electron chi connectivity index (χ2n) is 5.71. The van der Waals surface area contributed by atoms with Crippen LogP contribution < -0.4 is 10.0 Å². The van der Waals surface area contributed by atoms with Gasteiger partial charge in [0.25, 0.3) is 5.91 Å². The van der Waals surface area contributed by atoms with Crippen LogP contribution in [0.1, 0.15) is 17.4 Å². The average Bonchev–Trinajstić information content (AvgIpc) is 3.14. The van der Waals surface area contributed by atoms with Gasteiger partial charge in [0.05, 0.1) is 11.4 Å². The number of halogens is 1. The predicted octanol–water partition coefficient (Wildman–Crippen LogP) is 3.85. The highest BCUT2D eigenvalue weighted by Gasteiger charge is 2.12. The number of anilines is 2. The molecule has 1 heterocycles. The summed E-state index contributed by atoms with van der Waals surface area (Å²) in [5.41, 5.74) is 2.86. The second kappa shape index (κ2) is 7.93. The number of sulfonamides is 1. The molecule has 27 heavy (non-hydrogen) atoms. The Bertz CT molecular complexity index is 1040. The molecule has 1 aromatic heterocycles. The lowest BCUT2D eigenvalue weighted by Gasteiger charge is -2.07. The molecule has 0 aliphatic carbocycles. The summed E-state index contributed by atoms with van der Waals surface area (Å²) in [6.45, 7) is 1.56. The zero-order valence-corrected chi connectivity index (χ0v) is 16.8. The van der Waals surface area contributed by atoms with Crippen LogP contribution in [0.25, 0.3) is 11.3 Å². The predicted molar refractivity (Wildman–Crippen MR) is 109 cm³/mol. The van der Waals surface area contributed by atoms with Crippen LogP contribution in [0.4, 0.5) is 11.4 Å². The van der Waals surface area contributed by atoms with E-state index in [1.165, 1.54) is 0 Å². The molecular weight excluding hydrogens is 432 g/mol. The van der Waals surface area contributed by atoms with Gasteiger partial charge in [0.2, 0.25) is 10.0 Å². The van der Waals surface area contributed by atoms with Crippen molar-refractivity contribution >= 4 is 43.2 Å². The molecule has 0 bridgehead atoms. The molecule has 0 saturated heterocycles. The van der Waals surface area contributed by atoms with Gasteiger partial charge in [-0.05, 0) is 49.4 Å². The van der Waals surface area contributed by atoms with Crippen LogP contribution in [0.15, 0.2) is 59.1 Å². The monoisotopic (exact) mass is 448 g/mol. The summed E-state index contributed by atoms with van der Waals surface area (Å²) in [6, 6.07) is 15.7. The lowest BCUT2D eigenvalue weighted by atomic mass is 10.1. The van der Waals surface area contributed by atoms with Gasteiger partial charge in [-0.15, -0.1) is 0 Å². The number of benzene rings is 2. The molecule has 140 valence electrons. The lowest BCUT2D eigenvalue weighted by Crippen LogP contribution is -2.15. The Morgan fingerprint density at radius 2 is 1.70 bits per heavy atom. The number of H-pyrrole nitrogens is 1. The summed E-state index contributed by atoms with van der Waals surface area (Å²) >= 11 is 3.38. The third kappa shape index (κ3) is 4.95. The molecule has 0 fully saturated rings. The number of nitrogens with zero attached hydrogens (tertiary/aromatic N) is 1. The quantitative estimate of drug-likeness (QED) is 0.532. The van der Waals surface area contributed by atoms with E-state index in [0.29, 0.717) is 22.8 Å². The number of carbonyl (C=O) groups is 1. The van der Waals surface area contributed by atoms with Crippen LogP contribution in [-0.4, -0.2) is 30.3 Å². The van der Waals surface area contributed by atoms with Gasteiger partial charge in [-0.1, -0.05) is 28.1 Å². The Labute approximate surface area is 165 Å². The van der Waals surface area contributed by atoms with Gasteiger partial charge in [-0.2, -0.15) is 5.10 Å². The van der Waals surface area contributed by atoms with Crippen molar-refractivity contribution in [2.24, 2.45) is 0 Å². The van der Waals surface area contributed by atoms with Crippen molar-refractivity contribution in [1.82, 2.24) is 10.2 Å². The fraction of sp³-hybridized carbons (Fsp3) is 0.111. The molecule has 2 aromatic carbocycles. The van der Waals surface area contributed by atoms with Crippen LogP contribution in [0.3, 0.4) is 0 Å². The van der Waals surface area contributed by atoms with E-state index in [0.717, 1.165) is 10.0 Å². The summed E-state index contributed by atoms with van der Waals surface area (Å²) < 4.78 is 26.5. The number of aromatic amines is 1. The van der Waals surface area contributed by atoms with Crippen LogP contribution >= 0.6 is 15.9 Å². The fourth-order valence-corrected chi connectivity index (χ4v) is 3.18. The molecule has 3 rings (SSSR count). The van der Waals surface area contributed by atoms with E-state index < -0.39 is 10.0 Å². The number of amides is 1. The maximum Gasteiger partial charge on any atom is 0.273 e.